The first kappa shape index (κ1) is 21.0. The van der Waals surface area contributed by atoms with Crippen LogP contribution >= 0.6 is 0 Å². The summed E-state index contributed by atoms with van der Waals surface area (Å²) in [5.74, 6) is 1.62. The van der Waals surface area contributed by atoms with Gasteiger partial charge in [-0.15, -0.1) is 0 Å². The molecule has 0 saturated carbocycles. The molecular formula is C23H25N3O4. The van der Waals surface area contributed by atoms with Gasteiger partial charge in [0.25, 0.3) is 5.91 Å². The SMILES string of the molecule is COc1ccc2ccc(OC)c(/C=N/NC(=O)COc3cccc(N(C)C)c3)c2c1. The van der Waals surface area contributed by atoms with Crippen molar-refractivity contribution in [1.82, 2.24) is 5.43 Å². The number of amides is 1. The van der Waals surface area contributed by atoms with E-state index < -0.39 is 0 Å². The number of methoxy groups -OCH3 is 2. The smallest absolute Gasteiger partial charge is 0.277 e. The molecular weight excluding hydrogens is 382 g/mol. The molecule has 1 amide bonds. The lowest BCUT2D eigenvalue weighted by Gasteiger charge is -2.13. The molecule has 0 saturated heterocycles. The predicted octanol–water partition coefficient (Wildman–Crippen LogP) is 3.45. The largest absolute Gasteiger partial charge is 0.497 e. The molecule has 0 heterocycles. The van der Waals surface area contributed by atoms with Crippen LogP contribution in [0.25, 0.3) is 10.8 Å². The highest BCUT2D eigenvalue weighted by Crippen LogP contribution is 2.29. The third kappa shape index (κ3) is 5.00. The molecule has 0 bridgehead atoms. The highest BCUT2D eigenvalue weighted by molar-refractivity contribution is 6.03. The predicted molar refractivity (Wildman–Crippen MR) is 119 cm³/mol. The van der Waals surface area contributed by atoms with E-state index in [1.54, 1.807) is 26.5 Å². The first-order valence-electron chi connectivity index (χ1n) is 9.38. The molecule has 0 aromatic heterocycles. The zero-order chi connectivity index (χ0) is 21.5. The number of rotatable bonds is 8. The lowest BCUT2D eigenvalue weighted by atomic mass is 10.0. The number of ether oxygens (including phenoxy) is 3. The molecule has 3 aromatic rings. The molecule has 0 atom stereocenters. The molecule has 7 heteroatoms. The maximum atomic E-state index is 12.1. The average Bonchev–Trinajstić information content (AvgIpc) is 2.77. The number of benzene rings is 3. The van der Waals surface area contributed by atoms with Crippen LogP contribution in [0.5, 0.6) is 17.2 Å². The highest BCUT2D eigenvalue weighted by atomic mass is 16.5. The minimum absolute atomic E-state index is 0.144. The van der Waals surface area contributed by atoms with Gasteiger partial charge in [-0.1, -0.05) is 18.2 Å². The van der Waals surface area contributed by atoms with Crippen LogP contribution in [0.3, 0.4) is 0 Å². The number of carbonyl (C=O) groups excluding carboxylic acids is 1. The summed E-state index contributed by atoms with van der Waals surface area (Å²) in [7, 11) is 7.09. The van der Waals surface area contributed by atoms with Crippen molar-refractivity contribution in [1.29, 1.82) is 0 Å². The standard InChI is InChI=1S/C23H25N3O4/c1-26(2)17-6-5-7-19(12-17)30-15-23(27)25-24-14-21-20-13-18(28-3)10-8-16(20)9-11-22(21)29-4/h5-14H,15H2,1-4H3,(H,25,27)/b24-14+. The lowest BCUT2D eigenvalue weighted by molar-refractivity contribution is -0.123. The highest BCUT2D eigenvalue weighted by Gasteiger charge is 2.09. The van der Waals surface area contributed by atoms with E-state index in [2.05, 4.69) is 10.5 Å². The maximum Gasteiger partial charge on any atom is 0.277 e. The normalized spacial score (nSPS) is 10.8. The van der Waals surface area contributed by atoms with Crippen LogP contribution in [-0.2, 0) is 4.79 Å². The van der Waals surface area contributed by atoms with E-state index in [9.17, 15) is 4.79 Å². The van der Waals surface area contributed by atoms with Crippen LogP contribution < -0.4 is 24.5 Å². The van der Waals surface area contributed by atoms with Crippen molar-refractivity contribution in [2.24, 2.45) is 5.10 Å². The van der Waals surface area contributed by atoms with Gasteiger partial charge in [0.1, 0.15) is 17.2 Å². The zero-order valence-electron chi connectivity index (χ0n) is 17.5. The van der Waals surface area contributed by atoms with Gasteiger partial charge in [-0.25, -0.2) is 5.43 Å². The summed E-state index contributed by atoms with van der Waals surface area (Å²) in [6.45, 7) is -0.144. The Labute approximate surface area is 175 Å². The molecule has 0 radical (unpaired) electrons. The van der Waals surface area contributed by atoms with Gasteiger partial charge in [-0.3, -0.25) is 4.79 Å². The third-order valence-electron chi connectivity index (χ3n) is 4.54. The molecule has 3 rings (SSSR count). The summed E-state index contributed by atoms with van der Waals surface area (Å²) in [5, 5.41) is 5.99. The van der Waals surface area contributed by atoms with Crippen molar-refractivity contribution in [3.05, 3.63) is 60.2 Å². The van der Waals surface area contributed by atoms with Gasteiger partial charge >= 0.3 is 0 Å². The molecule has 7 nitrogen and oxygen atoms in total. The van der Waals surface area contributed by atoms with E-state index in [1.807, 2.05) is 67.5 Å². The fourth-order valence-corrected chi connectivity index (χ4v) is 2.94. The average molecular weight is 407 g/mol. The first-order chi connectivity index (χ1) is 14.5. The number of fused-ring (bicyclic) bond motifs is 1. The quantitative estimate of drug-likeness (QED) is 0.457. The Kier molecular flexibility index (Phi) is 6.75. The lowest BCUT2D eigenvalue weighted by Crippen LogP contribution is -2.24. The molecule has 30 heavy (non-hydrogen) atoms. The van der Waals surface area contributed by atoms with Crippen LogP contribution in [0.1, 0.15) is 5.56 Å². The van der Waals surface area contributed by atoms with E-state index >= 15 is 0 Å². The van der Waals surface area contributed by atoms with Gasteiger partial charge in [-0.05, 0) is 41.1 Å². The summed E-state index contributed by atoms with van der Waals surface area (Å²) < 4.78 is 16.3. The van der Waals surface area contributed by atoms with Gasteiger partial charge in [0.15, 0.2) is 6.61 Å². The van der Waals surface area contributed by atoms with Gasteiger partial charge in [-0.2, -0.15) is 5.10 Å². The van der Waals surface area contributed by atoms with Gasteiger partial charge in [0, 0.05) is 31.4 Å². The second-order valence-corrected chi connectivity index (χ2v) is 6.74. The van der Waals surface area contributed by atoms with Crippen molar-refractivity contribution in [2.75, 3.05) is 39.8 Å². The first-order valence-corrected chi connectivity index (χ1v) is 9.38. The molecule has 1 N–H and O–H groups in total. The van der Waals surface area contributed by atoms with Crippen LogP contribution in [0.15, 0.2) is 59.7 Å². The number of nitrogens with zero attached hydrogens (tertiary/aromatic N) is 2. The van der Waals surface area contributed by atoms with Crippen LogP contribution in [0, 0.1) is 0 Å². The molecule has 0 aliphatic carbocycles. The Balaban J connectivity index is 1.69. The number of anilines is 1. The number of hydrogen-bond acceptors (Lipinski definition) is 6. The number of nitrogens with one attached hydrogen (secondary N) is 1. The summed E-state index contributed by atoms with van der Waals surface area (Å²) >= 11 is 0. The second-order valence-electron chi connectivity index (χ2n) is 6.74. The fourth-order valence-electron chi connectivity index (χ4n) is 2.94. The molecule has 0 unspecified atom stereocenters. The molecule has 3 aromatic carbocycles. The summed E-state index contributed by atoms with van der Waals surface area (Å²) in [4.78, 5) is 14.1. The van der Waals surface area contributed by atoms with E-state index in [-0.39, 0.29) is 12.5 Å². The summed E-state index contributed by atoms with van der Waals surface area (Å²) in [6.07, 6.45) is 1.56. The Bertz CT molecular complexity index is 1060. The Morgan fingerprint density at radius 3 is 2.57 bits per heavy atom. The molecule has 0 aliphatic rings. The maximum absolute atomic E-state index is 12.1. The Morgan fingerprint density at radius 1 is 1.03 bits per heavy atom. The number of carbonyl (C=O) groups is 1. The summed E-state index contributed by atoms with van der Waals surface area (Å²) in [6, 6.07) is 17.1. The van der Waals surface area contributed by atoms with E-state index in [4.69, 9.17) is 14.2 Å². The van der Waals surface area contributed by atoms with Crippen molar-refractivity contribution in [2.45, 2.75) is 0 Å². The van der Waals surface area contributed by atoms with Crippen molar-refractivity contribution in [3.8, 4) is 17.2 Å². The minimum atomic E-state index is -0.363. The Morgan fingerprint density at radius 2 is 1.83 bits per heavy atom. The Hall–Kier alpha value is -3.74. The molecule has 0 aliphatic heterocycles. The zero-order valence-corrected chi connectivity index (χ0v) is 17.5. The third-order valence-corrected chi connectivity index (χ3v) is 4.54. The van der Waals surface area contributed by atoms with Gasteiger partial charge in [0.05, 0.1) is 20.4 Å². The van der Waals surface area contributed by atoms with Crippen LogP contribution in [0.2, 0.25) is 0 Å². The van der Waals surface area contributed by atoms with Crippen LogP contribution in [0.4, 0.5) is 5.69 Å². The van der Waals surface area contributed by atoms with Gasteiger partial charge in [0.2, 0.25) is 0 Å². The summed E-state index contributed by atoms with van der Waals surface area (Å²) in [5.41, 5.74) is 4.23. The van der Waals surface area contributed by atoms with Crippen LogP contribution in [-0.4, -0.2) is 47.0 Å². The van der Waals surface area contributed by atoms with Gasteiger partial charge < -0.3 is 19.1 Å². The second kappa shape index (κ2) is 9.65. The number of hydrogen-bond donors (Lipinski definition) is 1. The molecule has 0 spiro atoms. The van der Waals surface area contributed by atoms with Crippen molar-refractivity contribution in [3.63, 3.8) is 0 Å². The van der Waals surface area contributed by atoms with Crippen molar-refractivity contribution < 1.29 is 19.0 Å². The fraction of sp³-hybridized carbons (Fsp3) is 0.217. The van der Waals surface area contributed by atoms with E-state index in [0.29, 0.717) is 11.5 Å². The minimum Gasteiger partial charge on any atom is -0.497 e. The monoisotopic (exact) mass is 407 g/mol. The topological polar surface area (TPSA) is 72.4 Å². The molecule has 0 fully saturated rings. The molecule has 156 valence electrons. The number of hydrazone groups is 1. The van der Waals surface area contributed by atoms with Crippen molar-refractivity contribution >= 4 is 28.6 Å². The van der Waals surface area contributed by atoms with E-state index in [0.717, 1.165) is 27.8 Å². The van der Waals surface area contributed by atoms with E-state index in [1.165, 1.54) is 0 Å².